The van der Waals surface area contributed by atoms with E-state index in [0.717, 1.165) is 31.4 Å². The van der Waals surface area contributed by atoms with Crippen molar-refractivity contribution in [2.45, 2.75) is 76.6 Å². The quantitative estimate of drug-likeness (QED) is 0.214. The van der Waals surface area contributed by atoms with Crippen molar-refractivity contribution in [2.75, 3.05) is 24.8 Å². The predicted octanol–water partition coefficient (Wildman–Crippen LogP) is 7.19. The number of benzene rings is 3. The smallest absolute Gasteiger partial charge is 0.319 e. The molecule has 0 saturated carbocycles. The summed E-state index contributed by atoms with van der Waals surface area (Å²) in [5.41, 5.74) is 0.947. The van der Waals surface area contributed by atoms with Crippen molar-refractivity contribution in [3.63, 3.8) is 0 Å². The highest BCUT2D eigenvalue weighted by molar-refractivity contribution is 6.04. The molecule has 2 unspecified atom stereocenters. The van der Waals surface area contributed by atoms with Gasteiger partial charge in [-0.2, -0.15) is 0 Å². The van der Waals surface area contributed by atoms with Crippen LogP contribution in [0.15, 0.2) is 60.7 Å². The summed E-state index contributed by atoms with van der Waals surface area (Å²) in [7, 11) is 3.68. The molecular formula is C34H41FN4O5. The van der Waals surface area contributed by atoms with Crippen LogP contribution in [0.4, 0.5) is 20.6 Å². The molecule has 3 aromatic carbocycles. The summed E-state index contributed by atoms with van der Waals surface area (Å²) in [5, 5.41) is 8.33. The van der Waals surface area contributed by atoms with Gasteiger partial charge in [0.05, 0.1) is 12.8 Å². The average molecular weight is 605 g/mol. The van der Waals surface area contributed by atoms with Gasteiger partial charge < -0.3 is 35.1 Å². The number of hydrogen-bond donors (Lipinski definition) is 3. The molecule has 2 fully saturated rings. The van der Waals surface area contributed by atoms with Gasteiger partial charge in [-0.05, 0) is 94.1 Å². The lowest BCUT2D eigenvalue weighted by Gasteiger charge is -2.36. The fourth-order valence-corrected chi connectivity index (χ4v) is 5.99. The van der Waals surface area contributed by atoms with Gasteiger partial charge in [0.25, 0.3) is 5.91 Å². The van der Waals surface area contributed by atoms with Gasteiger partial charge in [0.1, 0.15) is 23.4 Å². The van der Waals surface area contributed by atoms with Gasteiger partial charge in [0, 0.05) is 41.5 Å². The Morgan fingerprint density at radius 3 is 2.23 bits per heavy atom. The summed E-state index contributed by atoms with van der Waals surface area (Å²) in [6.45, 7) is 4.03. The number of urea groups is 1. The highest BCUT2D eigenvalue weighted by Crippen LogP contribution is 2.37. The van der Waals surface area contributed by atoms with Crippen molar-refractivity contribution in [3.05, 3.63) is 72.0 Å². The summed E-state index contributed by atoms with van der Waals surface area (Å²) in [6.07, 6.45) is 6.33. The van der Waals surface area contributed by atoms with Gasteiger partial charge >= 0.3 is 6.03 Å². The normalized spacial score (nSPS) is 19.4. The van der Waals surface area contributed by atoms with Crippen LogP contribution in [0, 0.1) is 5.82 Å². The summed E-state index contributed by atoms with van der Waals surface area (Å²) in [6, 6.07) is 17.0. The van der Waals surface area contributed by atoms with Crippen molar-refractivity contribution >= 4 is 23.3 Å². The number of ether oxygens (including phenoxy) is 3. The minimum Gasteiger partial charge on any atom is -0.493 e. The molecule has 2 atom stereocenters. The Morgan fingerprint density at radius 2 is 1.59 bits per heavy atom. The lowest BCUT2D eigenvalue weighted by Crippen LogP contribution is -2.43. The van der Waals surface area contributed by atoms with Crippen LogP contribution in [0.3, 0.4) is 0 Å². The van der Waals surface area contributed by atoms with E-state index in [-0.39, 0.29) is 29.6 Å². The summed E-state index contributed by atoms with van der Waals surface area (Å²) in [5.74, 6) is 0.563. The van der Waals surface area contributed by atoms with Crippen LogP contribution >= 0.6 is 0 Å². The number of piperidine rings is 1. The molecule has 0 aromatic heterocycles. The van der Waals surface area contributed by atoms with E-state index in [1.54, 1.807) is 48.5 Å². The Kier molecular flexibility index (Phi) is 9.89. The minimum atomic E-state index is -0.650. The lowest BCUT2D eigenvalue weighted by molar-refractivity contribution is 0.0661. The Bertz CT molecular complexity index is 1450. The number of methoxy groups -OCH3 is 1. The predicted molar refractivity (Wildman–Crippen MR) is 169 cm³/mol. The second kappa shape index (κ2) is 14.0. The van der Waals surface area contributed by atoms with Gasteiger partial charge in [-0.25, -0.2) is 9.18 Å². The van der Waals surface area contributed by atoms with Crippen LogP contribution in [0.1, 0.15) is 62.7 Å². The molecule has 2 bridgehead atoms. The number of nitrogens with zero attached hydrogens (tertiary/aromatic N) is 1. The van der Waals surface area contributed by atoms with Gasteiger partial charge in [0.2, 0.25) is 0 Å². The number of nitrogens with one attached hydrogen (secondary N) is 3. The van der Waals surface area contributed by atoms with Gasteiger partial charge in [-0.1, -0.05) is 13.8 Å². The molecule has 5 rings (SSSR count). The highest BCUT2D eigenvalue weighted by Gasteiger charge is 2.39. The lowest BCUT2D eigenvalue weighted by atomic mass is 10.0. The maximum Gasteiger partial charge on any atom is 0.319 e. The molecule has 2 heterocycles. The van der Waals surface area contributed by atoms with E-state index in [2.05, 4.69) is 27.9 Å². The number of carbonyl (C=O) groups is 2. The largest absolute Gasteiger partial charge is 0.493 e. The van der Waals surface area contributed by atoms with E-state index in [9.17, 15) is 14.0 Å². The van der Waals surface area contributed by atoms with Gasteiger partial charge in [0.15, 0.2) is 11.5 Å². The van der Waals surface area contributed by atoms with E-state index >= 15 is 0 Å². The third-order valence-corrected chi connectivity index (χ3v) is 8.63. The fourth-order valence-electron chi connectivity index (χ4n) is 5.99. The third kappa shape index (κ3) is 7.42. The van der Waals surface area contributed by atoms with Crippen molar-refractivity contribution < 1.29 is 28.2 Å². The van der Waals surface area contributed by atoms with Crippen molar-refractivity contribution in [1.82, 2.24) is 10.2 Å². The maximum absolute atomic E-state index is 15.0. The number of halogens is 1. The number of hydrogen-bond acceptors (Lipinski definition) is 6. The second-order valence-electron chi connectivity index (χ2n) is 11.5. The van der Waals surface area contributed by atoms with Gasteiger partial charge in [-0.15, -0.1) is 0 Å². The first-order valence-corrected chi connectivity index (χ1v) is 15.3. The zero-order valence-corrected chi connectivity index (χ0v) is 25.7. The summed E-state index contributed by atoms with van der Waals surface area (Å²) in [4.78, 5) is 27.6. The zero-order valence-electron chi connectivity index (χ0n) is 25.7. The topological polar surface area (TPSA) is 101 Å². The maximum atomic E-state index is 15.0. The number of anilines is 2. The molecule has 3 aromatic rings. The first-order valence-electron chi connectivity index (χ1n) is 15.3. The second-order valence-corrected chi connectivity index (χ2v) is 11.5. The Balaban J connectivity index is 1.16. The molecular weight excluding hydrogens is 563 g/mol. The first-order chi connectivity index (χ1) is 21.3. The molecule has 2 aliphatic heterocycles. The van der Waals surface area contributed by atoms with Gasteiger partial charge in [-0.3, -0.25) is 4.79 Å². The number of rotatable bonds is 11. The van der Waals surface area contributed by atoms with Crippen molar-refractivity contribution in [1.29, 1.82) is 0 Å². The van der Waals surface area contributed by atoms with E-state index in [4.69, 9.17) is 14.2 Å². The fraction of sp³-hybridized carbons (Fsp3) is 0.412. The van der Waals surface area contributed by atoms with E-state index in [1.807, 2.05) is 13.8 Å². The molecule has 0 aliphatic carbocycles. The monoisotopic (exact) mass is 604 g/mol. The highest BCUT2D eigenvalue weighted by atomic mass is 19.1. The Hall–Kier alpha value is -4.31. The third-order valence-electron chi connectivity index (χ3n) is 8.63. The molecule has 2 saturated heterocycles. The van der Waals surface area contributed by atoms with E-state index < -0.39 is 11.7 Å². The van der Waals surface area contributed by atoms with E-state index in [1.165, 1.54) is 32.1 Å². The number of carbonyl (C=O) groups excluding carboxylic acids is 2. The Morgan fingerprint density at radius 1 is 0.909 bits per heavy atom. The van der Waals surface area contributed by atoms with Crippen molar-refractivity contribution in [3.8, 4) is 23.0 Å². The molecule has 0 radical (unpaired) electrons. The molecule has 44 heavy (non-hydrogen) atoms. The Labute approximate surface area is 258 Å². The molecule has 234 valence electrons. The van der Waals surface area contributed by atoms with Crippen LogP contribution in [0.2, 0.25) is 0 Å². The van der Waals surface area contributed by atoms with Crippen LogP contribution in [-0.4, -0.2) is 55.2 Å². The van der Waals surface area contributed by atoms with Crippen LogP contribution in [-0.2, 0) is 0 Å². The molecule has 0 spiro atoms. The standard InChI is InChI=1S/C34H41FN4O5/c1-5-22(6-2)36-34(41)37-23-9-16-31(32(17-23)42-4)44-27-14-15-30(29(35)20-27)38-33(40)21-7-12-26(13-8-21)43-28-18-24-10-11-25(19-28)39(24)3/h7-9,12-17,20,22,24-25,28H,5-6,10-11,18-19H2,1-4H3,(H,38,40)(H2,36,37,41). The molecule has 2 aliphatic rings. The van der Waals surface area contributed by atoms with Crippen LogP contribution in [0.5, 0.6) is 23.0 Å². The van der Waals surface area contributed by atoms with E-state index in [0.29, 0.717) is 34.8 Å². The van der Waals surface area contributed by atoms with Crippen molar-refractivity contribution in [2.24, 2.45) is 0 Å². The molecule has 10 heteroatoms. The molecule has 3 N–H and O–H groups in total. The molecule has 9 nitrogen and oxygen atoms in total. The van der Waals surface area contributed by atoms with Crippen LogP contribution in [0.25, 0.3) is 0 Å². The number of fused-ring (bicyclic) bond motifs is 2. The summed E-state index contributed by atoms with van der Waals surface area (Å²) >= 11 is 0. The van der Waals surface area contributed by atoms with Crippen LogP contribution < -0.4 is 30.2 Å². The first kappa shape index (κ1) is 31.1. The zero-order chi connectivity index (χ0) is 31.2. The average Bonchev–Trinajstić information content (AvgIpc) is 3.21. The number of amides is 3. The SMILES string of the molecule is CCC(CC)NC(=O)Nc1ccc(Oc2ccc(NC(=O)c3ccc(OC4CC5CCC(C4)N5C)cc3)c(F)c2)c(OC)c1. The summed E-state index contributed by atoms with van der Waals surface area (Å²) < 4.78 is 32.5. The molecule has 3 amide bonds. The minimum absolute atomic E-state index is 0.0273.